The molecule has 0 N–H and O–H groups in total. The first-order valence-corrected chi connectivity index (χ1v) is 7.57. The normalized spacial score (nSPS) is 10.1. The monoisotopic (exact) mass is 397 g/mol. The molecule has 0 unspecified atom stereocenters. The summed E-state index contributed by atoms with van der Waals surface area (Å²) in [6.07, 6.45) is 0. The zero-order chi connectivity index (χ0) is 16.0. The number of nitrogens with zero attached hydrogens (tertiary/aromatic N) is 1. The number of ether oxygens (including phenoxy) is 2. The number of likely N-dealkylation sites (N-methyl/N-ethyl adjacent to an activating group) is 1. The van der Waals surface area contributed by atoms with Gasteiger partial charge in [-0.2, -0.15) is 0 Å². The van der Waals surface area contributed by atoms with Crippen LogP contribution in [0.1, 0.15) is 6.92 Å². The summed E-state index contributed by atoms with van der Waals surface area (Å²) in [6, 6.07) is 3.12. The van der Waals surface area contributed by atoms with Crippen molar-refractivity contribution in [1.29, 1.82) is 0 Å². The summed E-state index contributed by atoms with van der Waals surface area (Å²) >= 11 is 15.1. The summed E-state index contributed by atoms with van der Waals surface area (Å²) < 4.78 is 10.7. The fourth-order valence-electron chi connectivity index (χ4n) is 1.40. The number of rotatable bonds is 6. The van der Waals surface area contributed by atoms with Crippen LogP contribution in [-0.2, 0) is 14.3 Å². The van der Waals surface area contributed by atoms with E-state index in [1.165, 1.54) is 18.0 Å². The lowest BCUT2D eigenvalue weighted by Gasteiger charge is -2.17. The maximum atomic E-state index is 11.9. The summed E-state index contributed by atoms with van der Waals surface area (Å²) in [5.41, 5.74) is 0. The lowest BCUT2D eigenvalue weighted by atomic mass is 10.3. The summed E-state index contributed by atoms with van der Waals surface area (Å²) in [7, 11) is 1.49. The van der Waals surface area contributed by atoms with E-state index in [4.69, 9.17) is 32.7 Å². The fourth-order valence-corrected chi connectivity index (χ4v) is 2.77. The molecule has 0 fully saturated rings. The zero-order valence-electron chi connectivity index (χ0n) is 11.5. The van der Waals surface area contributed by atoms with Gasteiger partial charge in [-0.3, -0.25) is 9.59 Å². The third-order valence-corrected chi connectivity index (χ3v) is 3.49. The quantitative estimate of drug-likeness (QED) is 0.690. The van der Waals surface area contributed by atoms with Gasteiger partial charge in [-0.05, 0) is 35.0 Å². The molecule has 0 spiro atoms. The van der Waals surface area contributed by atoms with Crippen LogP contribution in [0.2, 0.25) is 10.0 Å². The van der Waals surface area contributed by atoms with Crippen molar-refractivity contribution in [3.63, 3.8) is 0 Å². The Labute approximate surface area is 141 Å². The minimum atomic E-state index is -0.473. The molecule has 1 rings (SSSR count). The maximum absolute atomic E-state index is 11.9. The van der Waals surface area contributed by atoms with Crippen LogP contribution in [0, 0.1) is 0 Å². The summed E-state index contributed by atoms with van der Waals surface area (Å²) in [5.74, 6) is -0.529. The molecule has 1 aromatic rings. The van der Waals surface area contributed by atoms with Gasteiger partial charge >= 0.3 is 5.97 Å². The Hall–Kier alpha value is -0.980. The lowest BCUT2D eigenvalue weighted by molar-refractivity contribution is -0.148. The predicted molar refractivity (Wildman–Crippen MR) is 83.9 cm³/mol. The second kappa shape index (κ2) is 8.46. The number of benzene rings is 1. The smallest absolute Gasteiger partial charge is 0.325 e. The molecule has 21 heavy (non-hydrogen) atoms. The molecule has 1 amide bonds. The van der Waals surface area contributed by atoms with Gasteiger partial charge in [0, 0.05) is 12.1 Å². The molecule has 5 nitrogen and oxygen atoms in total. The Morgan fingerprint density at radius 3 is 2.57 bits per heavy atom. The highest BCUT2D eigenvalue weighted by Crippen LogP contribution is 2.35. The van der Waals surface area contributed by atoms with E-state index in [1.54, 1.807) is 13.0 Å². The minimum Gasteiger partial charge on any atom is -0.481 e. The van der Waals surface area contributed by atoms with E-state index in [0.717, 1.165) is 0 Å². The van der Waals surface area contributed by atoms with Gasteiger partial charge in [0.1, 0.15) is 6.54 Å². The number of hydrogen-bond donors (Lipinski definition) is 0. The molecule has 8 heteroatoms. The molecule has 0 aliphatic heterocycles. The number of carbonyl (C=O) groups is 2. The van der Waals surface area contributed by atoms with Crippen LogP contribution in [-0.4, -0.2) is 43.6 Å². The Bertz CT molecular complexity index is 516. The van der Waals surface area contributed by atoms with Crippen LogP contribution in [0.5, 0.6) is 5.75 Å². The van der Waals surface area contributed by atoms with E-state index in [0.29, 0.717) is 15.2 Å². The lowest BCUT2D eigenvalue weighted by Crippen LogP contribution is -2.36. The molecule has 0 bridgehead atoms. The first-order valence-electron chi connectivity index (χ1n) is 6.02. The van der Waals surface area contributed by atoms with Crippen LogP contribution in [0.4, 0.5) is 0 Å². The average Bonchev–Trinajstić information content (AvgIpc) is 2.37. The van der Waals surface area contributed by atoms with Gasteiger partial charge in [0.15, 0.2) is 12.4 Å². The summed E-state index contributed by atoms with van der Waals surface area (Å²) in [5, 5.41) is 0.736. The Kier molecular flexibility index (Phi) is 7.28. The Morgan fingerprint density at radius 1 is 1.33 bits per heavy atom. The van der Waals surface area contributed by atoms with Gasteiger partial charge in [0.05, 0.1) is 16.1 Å². The standard InChI is InChI=1S/C13H14BrCl2NO4/c1-3-20-12(19)6-17(2)11(18)7-21-13-9(14)4-8(15)5-10(13)16/h4-5H,3,6-7H2,1-2H3. The molecule has 0 aliphatic rings. The average molecular weight is 399 g/mol. The Morgan fingerprint density at radius 2 is 2.00 bits per heavy atom. The Balaban J connectivity index is 2.59. The second-order valence-corrected chi connectivity index (χ2v) is 5.74. The highest BCUT2D eigenvalue weighted by atomic mass is 79.9. The molecule has 1 aromatic carbocycles. The predicted octanol–water partition coefficient (Wildman–Crippen LogP) is 3.16. The van der Waals surface area contributed by atoms with Gasteiger partial charge in [-0.1, -0.05) is 23.2 Å². The van der Waals surface area contributed by atoms with Gasteiger partial charge < -0.3 is 14.4 Å². The van der Waals surface area contributed by atoms with Gasteiger partial charge in [-0.15, -0.1) is 0 Å². The third-order valence-electron chi connectivity index (χ3n) is 2.40. The van der Waals surface area contributed by atoms with E-state index in [2.05, 4.69) is 15.9 Å². The van der Waals surface area contributed by atoms with Crippen LogP contribution < -0.4 is 4.74 Å². The first kappa shape index (κ1) is 18.1. The fraction of sp³-hybridized carbons (Fsp3) is 0.385. The number of hydrogen-bond acceptors (Lipinski definition) is 4. The highest BCUT2D eigenvalue weighted by molar-refractivity contribution is 9.10. The van der Waals surface area contributed by atoms with Crippen LogP contribution in [0.25, 0.3) is 0 Å². The number of halogens is 3. The largest absolute Gasteiger partial charge is 0.481 e. The van der Waals surface area contributed by atoms with Gasteiger partial charge in [0.2, 0.25) is 0 Å². The van der Waals surface area contributed by atoms with Crippen LogP contribution >= 0.6 is 39.1 Å². The van der Waals surface area contributed by atoms with Crippen molar-refractivity contribution in [2.24, 2.45) is 0 Å². The number of carbonyl (C=O) groups excluding carboxylic acids is 2. The van der Waals surface area contributed by atoms with E-state index in [-0.39, 0.29) is 30.7 Å². The van der Waals surface area contributed by atoms with E-state index >= 15 is 0 Å². The van der Waals surface area contributed by atoms with Gasteiger partial charge in [0.25, 0.3) is 5.91 Å². The van der Waals surface area contributed by atoms with Crippen molar-refractivity contribution in [3.05, 3.63) is 26.7 Å². The van der Waals surface area contributed by atoms with Crippen molar-refractivity contribution in [3.8, 4) is 5.75 Å². The topological polar surface area (TPSA) is 55.8 Å². The van der Waals surface area contributed by atoms with Crippen molar-refractivity contribution in [2.45, 2.75) is 6.92 Å². The SMILES string of the molecule is CCOC(=O)CN(C)C(=O)COc1c(Cl)cc(Cl)cc1Br. The molecule has 0 saturated heterocycles. The maximum Gasteiger partial charge on any atom is 0.325 e. The summed E-state index contributed by atoms with van der Waals surface area (Å²) in [6.45, 7) is 1.58. The molecule has 0 aromatic heterocycles. The summed E-state index contributed by atoms with van der Waals surface area (Å²) in [4.78, 5) is 24.3. The van der Waals surface area contributed by atoms with Crippen LogP contribution in [0.3, 0.4) is 0 Å². The number of esters is 1. The van der Waals surface area contributed by atoms with Crippen molar-refractivity contribution < 1.29 is 19.1 Å². The molecule has 0 radical (unpaired) electrons. The number of amides is 1. The molecular weight excluding hydrogens is 385 g/mol. The molecular formula is C13H14BrCl2NO4. The molecule has 0 atom stereocenters. The minimum absolute atomic E-state index is 0.133. The molecule has 0 heterocycles. The molecule has 0 aliphatic carbocycles. The molecule has 116 valence electrons. The second-order valence-electron chi connectivity index (χ2n) is 4.04. The van der Waals surface area contributed by atoms with Crippen LogP contribution in [0.15, 0.2) is 16.6 Å². The zero-order valence-corrected chi connectivity index (χ0v) is 14.6. The first-order chi connectivity index (χ1) is 9.85. The third kappa shape index (κ3) is 5.73. The van der Waals surface area contributed by atoms with Crippen molar-refractivity contribution >= 4 is 51.0 Å². The van der Waals surface area contributed by atoms with E-state index in [9.17, 15) is 9.59 Å². The van der Waals surface area contributed by atoms with E-state index in [1.807, 2.05) is 0 Å². The highest BCUT2D eigenvalue weighted by Gasteiger charge is 2.16. The van der Waals surface area contributed by atoms with Gasteiger partial charge in [-0.25, -0.2) is 0 Å². The molecule has 0 saturated carbocycles. The van der Waals surface area contributed by atoms with E-state index < -0.39 is 5.97 Å². The van der Waals surface area contributed by atoms with Crippen molar-refractivity contribution in [1.82, 2.24) is 4.90 Å². The van der Waals surface area contributed by atoms with Crippen molar-refractivity contribution in [2.75, 3.05) is 26.8 Å².